The maximum Gasteiger partial charge on any atom is 0.164 e. The van der Waals surface area contributed by atoms with Gasteiger partial charge in [-0.25, -0.2) is 44.9 Å². The third kappa shape index (κ3) is 16.3. The van der Waals surface area contributed by atoms with Crippen LogP contribution in [0.5, 0.6) is 0 Å². The molecule has 141 heavy (non-hydrogen) atoms. The monoisotopic (exact) mass is 1860 g/mol. The molecular weight excluding hydrogens is 1780 g/mol. The quantitative estimate of drug-likeness (QED) is 0.103. The second kappa shape index (κ2) is 35.9. The summed E-state index contributed by atoms with van der Waals surface area (Å²) in [5, 5.41) is 14.7. The molecule has 0 spiro atoms. The summed E-state index contributed by atoms with van der Waals surface area (Å²) in [5.41, 5.74) is 23.5. The molecule has 0 fully saturated rings. The van der Waals surface area contributed by atoms with Gasteiger partial charge in [0, 0.05) is 132 Å². The number of nitrogens with zero attached hydrogens (tertiary/aromatic N) is 9. The Kier molecular flexibility index (Phi) is 21.3. The van der Waals surface area contributed by atoms with Crippen molar-refractivity contribution in [1.82, 2.24) is 44.9 Å². The molecule has 14 heteroatoms. The first-order valence-corrected chi connectivity index (χ1v) is 49.2. The molecule has 0 unspecified atom stereocenters. The average molecular weight is 1860 g/mol. The van der Waals surface area contributed by atoms with E-state index in [4.69, 9.17) is 53.7 Å². The van der Waals surface area contributed by atoms with E-state index >= 15 is 0 Å². The average Bonchev–Trinajstić information content (AvgIpc) is 1.63. The summed E-state index contributed by atoms with van der Waals surface area (Å²) in [6, 6.07) is 163. The van der Waals surface area contributed by atoms with Gasteiger partial charge in [0.25, 0.3) is 0 Å². The lowest BCUT2D eigenvalue weighted by Gasteiger charge is -2.10. The van der Waals surface area contributed by atoms with Crippen LogP contribution in [0, 0.1) is 0 Å². The summed E-state index contributed by atoms with van der Waals surface area (Å²) < 4.78 is 19.9. The molecule has 0 aliphatic heterocycles. The number of fused-ring (bicyclic) bond motifs is 16. The predicted molar refractivity (Wildman–Crippen MR) is 586 cm³/mol. The zero-order chi connectivity index (χ0) is 93.2. The van der Waals surface area contributed by atoms with E-state index < -0.39 is 0 Å². The van der Waals surface area contributed by atoms with E-state index in [2.05, 4.69) is 364 Å². The number of para-hydroxylation sites is 2. The summed E-state index contributed by atoms with van der Waals surface area (Å²) in [4.78, 5) is 44.9. The lowest BCUT2D eigenvalue weighted by molar-refractivity contribution is 0.668. The Morgan fingerprint density at radius 3 is 0.681 bits per heavy atom. The Morgan fingerprint density at radius 1 is 0.121 bits per heavy atom. The number of rotatable bonds is 14. The van der Waals surface area contributed by atoms with Gasteiger partial charge in [0.15, 0.2) is 52.4 Å². The molecule has 20 aromatic carbocycles. The summed E-state index contributed by atoms with van der Waals surface area (Å²) in [6.07, 6.45) is 0. The van der Waals surface area contributed by atoms with Crippen LogP contribution in [0.1, 0.15) is 0 Å². The van der Waals surface area contributed by atoms with Gasteiger partial charge in [-0.1, -0.05) is 388 Å². The SMILES string of the molecule is c1ccc(-c2ccc(-c3nc(-c4ccc(-c5ccc6c(c5)oc5ccccc56)cc4)nc(-c4ccc5c(c4)sc4ccccc45)n3)cc2)cc1.c1ccc(-c2nc(-c3ccc(-c4ccc5c(c4)oc4ccccc45)cc3)nc(-c3ccc4c(c3)sc3ccccc34)n2)cc1.c1ccc(-c2nc(-c3ccc(-c4ccc5ccccc5c4)cc3)nc(-c3ccc(-c4ccc5c(c4)sc4ccccc45)cc3)n2)cc1. The van der Waals surface area contributed by atoms with E-state index in [1.165, 1.54) is 88.0 Å². The molecule has 0 atom stereocenters. The minimum absolute atomic E-state index is 0.632. The van der Waals surface area contributed by atoms with Crippen molar-refractivity contribution < 1.29 is 8.83 Å². The van der Waals surface area contributed by atoms with E-state index in [9.17, 15) is 0 Å². The van der Waals surface area contributed by atoms with Gasteiger partial charge in [-0.2, -0.15) is 0 Å². The summed E-state index contributed by atoms with van der Waals surface area (Å²) >= 11 is 5.43. The highest BCUT2D eigenvalue weighted by molar-refractivity contribution is 7.26. The predicted octanol–water partition coefficient (Wildman–Crippen LogP) is 35.0. The van der Waals surface area contributed by atoms with Crippen LogP contribution < -0.4 is 0 Å². The van der Waals surface area contributed by atoms with Crippen molar-refractivity contribution in [2.45, 2.75) is 0 Å². The molecule has 660 valence electrons. The second-order valence-electron chi connectivity index (χ2n) is 35.0. The molecule has 0 bridgehead atoms. The maximum atomic E-state index is 6.17. The van der Waals surface area contributed by atoms with E-state index in [1.54, 1.807) is 22.7 Å². The number of hydrogen-bond acceptors (Lipinski definition) is 14. The van der Waals surface area contributed by atoms with Crippen LogP contribution in [0.2, 0.25) is 0 Å². The Hall–Kier alpha value is -18.1. The van der Waals surface area contributed by atoms with Crippen molar-refractivity contribution in [1.29, 1.82) is 0 Å². The topological polar surface area (TPSA) is 142 Å². The van der Waals surface area contributed by atoms with Crippen molar-refractivity contribution in [3.63, 3.8) is 0 Å². The third-order valence-electron chi connectivity index (χ3n) is 26.3. The standard InChI is InChI=1S/C45H27N3OS.C43H27N3S.C39H23N3OS/c1-2-8-28(9-3-1)29-14-18-31(19-15-29)43-46-44(48-45(47-43)34-23-25-38-37-11-5-7-13-41(37)50-42(38)27-34)32-20-16-30(17-21-32)33-22-24-36-35-10-4-6-12-39(35)49-40(36)26-33;1-2-9-31(10-3-1)41-44-42(32-19-14-29(15-20-32)35-23-18-28-8-4-5-11-34(28)26-35)46-43(45-41)33-21-16-30(17-22-33)36-24-25-38-37-12-6-7-13-39(37)47-40(38)27-36;1-2-8-25(9-3-1)37-40-38(42-39(41-37)28-19-21-32-31-11-5-7-13-35(31)44-36(32)23-28)26-16-14-24(15-17-26)27-18-20-30-29-10-4-6-12-33(29)43-34(30)22-27/h1-27H;1-27H;1-23H. The second-order valence-corrected chi connectivity index (χ2v) is 38.3. The van der Waals surface area contributed by atoms with Crippen molar-refractivity contribution in [2.75, 3.05) is 0 Å². The highest BCUT2D eigenvalue weighted by atomic mass is 32.1. The zero-order valence-electron chi connectivity index (χ0n) is 75.5. The van der Waals surface area contributed by atoms with E-state index in [0.29, 0.717) is 52.4 Å². The van der Waals surface area contributed by atoms with Crippen LogP contribution in [-0.2, 0) is 0 Å². The maximum absolute atomic E-state index is 6.17. The van der Waals surface area contributed by atoms with E-state index in [1.807, 2.05) is 114 Å². The number of hydrogen-bond donors (Lipinski definition) is 0. The fraction of sp³-hybridized carbons (Fsp3) is 0. The third-order valence-corrected chi connectivity index (χ3v) is 29.7. The number of benzene rings is 20. The van der Waals surface area contributed by atoms with Gasteiger partial charge in [-0.3, -0.25) is 0 Å². The molecule has 0 radical (unpaired) electrons. The molecule has 0 saturated heterocycles. The first kappa shape index (κ1) is 83.5. The smallest absolute Gasteiger partial charge is 0.164 e. The molecule has 28 rings (SSSR count). The van der Waals surface area contributed by atoms with Gasteiger partial charge >= 0.3 is 0 Å². The fourth-order valence-electron chi connectivity index (χ4n) is 19.0. The van der Waals surface area contributed by atoms with Crippen molar-refractivity contribution >= 4 is 149 Å². The van der Waals surface area contributed by atoms with Crippen LogP contribution in [0.3, 0.4) is 0 Å². The molecule has 8 heterocycles. The van der Waals surface area contributed by atoms with Crippen molar-refractivity contribution in [3.8, 4) is 158 Å². The molecule has 0 aliphatic rings. The summed E-state index contributed by atoms with van der Waals surface area (Å²) in [6.45, 7) is 0. The molecule has 0 aliphatic carbocycles. The van der Waals surface area contributed by atoms with Crippen LogP contribution in [0.4, 0.5) is 0 Å². The highest BCUT2D eigenvalue weighted by Gasteiger charge is 2.22. The van der Waals surface area contributed by atoms with Gasteiger partial charge in [0.2, 0.25) is 0 Å². The first-order valence-electron chi connectivity index (χ1n) is 46.8. The van der Waals surface area contributed by atoms with Gasteiger partial charge in [-0.05, 0) is 145 Å². The van der Waals surface area contributed by atoms with Crippen molar-refractivity contribution in [3.05, 3.63) is 467 Å². The zero-order valence-corrected chi connectivity index (χ0v) is 78.0. The molecule has 28 aromatic rings. The Bertz CT molecular complexity index is 9670. The van der Waals surface area contributed by atoms with Crippen LogP contribution >= 0.6 is 34.0 Å². The van der Waals surface area contributed by atoms with Gasteiger partial charge in [0.05, 0.1) is 0 Å². The van der Waals surface area contributed by atoms with E-state index in [-0.39, 0.29) is 0 Å². The fourth-order valence-corrected chi connectivity index (χ4v) is 22.4. The molecule has 11 nitrogen and oxygen atoms in total. The molecule has 8 aromatic heterocycles. The highest BCUT2D eigenvalue weighted by Crippen LogP contribution is 2.44. The van der Waals surface area contributed by atoms with Crippen LogP contribution in [0.15, 0.2) is 476 Å². The molecule has 0 amide bonds. The largest absolute Gasteiger partial charge is 0.456 e. The van der Waals surface area contributed by atoms with Gasteiger partial charge in [0.1, 0.15) is 22.3 Å². The van der Waals surface area contributed by atoms with E-state index in [0.717, 1.165) is 133 Å². The van der Waals surface area contributed by atoms with Gasteiger partial charge in [-0.15, -0.1) is 34.0 Å². The normalized spacial score (nSPS) is 11.5. The lowest BCUT2D eigenvalue weighted by atomic mass is 10.00. The van der Waals surface area contributed by atoms with Crippen molar-refractivity contribution in [2.24, 2.45) is 0 Å². The lowest BCUT2D eigenvalue weighted by Crippen LogP contribution is -2.00. The number of thiophene rings is 3. The summed E-state index contributed by atoms with van der Waals surface area (Å²) in [7, 11) is 0. The molecule has 0 N–H and O–H groups in total. The summed E-state index contributed by atoms with van der Waals surface area (Å²) in [5.74, 6) is 5.84. The van der Waals surface area contributed by atoms with Crippen LogP contribution in [0.25, 0.3) is 273 Å². The van der Waals surface area contributed by atoms with Gasteiger partial charge < -0.3 is 8.83 Å². The number of aromatic nitrogens is 9. The minimum Gasteiger partial charge on any atom is -0.456 e. The minimum atomic E-state index is 0.632. The Balaban J connectivity index is 0.000000109. The molecule has 0 saturated carbocycles. The first-order chi connectivity index (χ1) is 69.7. The Labute approximate surface area is 821 Å². The molecular formula is C127H77N9O2S3. The van der Waals surface area contributed by atoms with Crippen LogP contribution in [-0.4, -0.2) is 44.9 Å². The number of furan rings is 2. The Morgan fingerprint density at radius 2 is 0.326 bits per heavy atom.